The minimum absolute atomic E-state index is 0.00922. The minimum Gasteiger partial charge on any atom is -0.184 e. The van der Waals surface area contributed by atoms with Gasteiger partial charge in [-0.25, -0.2) is 0 Å². The van der Waals surface area contributed by atoms with Crippen molar-refractivity contribution in [1.29, 1.82) is 0 Å². The summed E-state index contributed by atoms with van der Waals surface area (Å²) in [5, 5.41) is 6.26. The maximum Gasteiger partial charge on any atom is 0.314 e. The monoisotopic (exact) mass is 448 g/mol. The summed E-state index contributed by atoms with van der Waals surface area (Å²) < 4.78 is 5.05. The number of nitrogens with zero attached hydrogens (tertiary/aromatic N) is 3. The zero-order chi connectivity index (χ0) is 16.7. The summed E-state index contributed by atoms with van der Waals surface area (Å²) >= 11 is 4.45. The maximum absolute atomic E-state index is 5.05. The highest BCUT2D eigenvalue weighted by atomic mass is 127. The van der Waals surface area contributed by atoms with E-state index in [9.17, 15) is 0 Å². The quantitative estimate of drug-likeness (QED) is 0.328. The molecule has 2 aromatic carbocycles. The van der Waals surface area contributed by atoms with Crippen LogP contribution in [0.2, 0.25) is 0 Å². The van der Waals surface area contributed by atoms with Gasteiger partial charge in [-0.1, -0.05) is 75.4 Å². The average molecular weight is 448 g/mol. The number of aromatic nitrogens is 3. The molecule has 2 heterocycles. The fourth-order valence-corrected chi connectivity index (χ4v) is 5.16. The van der Waals surface area contributed by atoms with Crippen LogP contribution < -0.4 is 4.57 Å². The summed E-state index contributed by atoms with van der Waals surface area (Å²) in [4.78, 5) is 0. The molecule has 4 rings (SSSR count). The van der Waals surface area contributed by atoms with Crippen LogP contribution in [0.4, 0.5) is 0 Å². The van der Waals surface area contributed by atoms with Gasteiger partial charge in [-0.05, 0) is 38.1 Å². The van der Waals surface area contributed by atoms with Crippen LogP contribution >= 0.6 is 34.4 Å². The summed E-state index contributed by atoms with van der Waals surface area (Å²) in [6, 6.07) is 21.0. The normalized spacial score (nSPS) is 19.0. The Hall–Kier alpha value is -1.34. The van der Waals surface area contributed by atoms with Crippen molar-refractivity contribution in [2.24, 2.45) is 0 Å². The summed E-state index contributed by atoms with van der Waals surface area (Å²) in [6.07, 6.45) is 0. The fourth-order valence-electron chi connectivity index (χ4n) is 2.94. The Morgan fingerprint density at radius 2 is 1.71 bits per heavy atom. The van der Waals surface area contributed by atoms with Crippen LogP contribution in [0.25, 0.3) is 17.1 Å². The van der Waals surface area contributed by atoms with Crippen molar-refractivity contribution < 1.29 is 4.57 Å². The van der Waals surface area contributed by atoms with Crippen molar-refractivity contribution in [3.05, 3.63) is 60.7 Å². The molecule has 1 unspecified atom stereocenters. The summed E-state index contributed by atoms with van der Waals surface area (Å²) in [5.41, 5.74) is 2.29. The summed E-state index contributed by atoms with van der Waals surface area (Å²) in [6.45, 7) is 4.56. The number of halogens is 1. The number of hydrogen-bond acceptors (Lipinski definition) is 2. The Kier molecular flexibility index (Phi) is 4.16. The molecule has 24 heavy (non-hydrogen) atoms. The van der Waals surface area contributed by atoms with E-state index in [1.807, 2.05) is 17.8 Å². The van der Waals surface area contributed by atoms with Crippen molar-refractivity contribution >= 4 is 34.4 Å². The highest BCUT2D eigenvalue weighted by Gasteiger charge is 2.45. The summed E-state index contributed by atoms with van der Waals surface area (Å²) in [5.74, 6) is 2.10. The molecule has 0 spiro atoms. The molecule has 0 saturated carbocycles. The van der Waals surface area contributed by atoms with Crippen LogP contribution in [-0.4, -0.2) is 19.5 Å². The topological polar surface area (TPSA) is 21.7 Å². The van der Waals surface area contributed by atoms with Crippen LogP contribution in [0, 0.1) is 0 Å². The Morgan fingerprint density at radius 3 is 2.38 bits per heavy atom. The molecule has 0 radical (unpaired) electrons. The molecule has 1 aromatic heterocycles. The number of para-hydroxylation sites is 1. The smallest absolute Gasteiger partial charge is 0.184 e. The molecule has 5 heteroatoms. The van der Waals surface area contributed by atoms with Crippen LogP contribution in [0.15, 0.2) is 65.8 Å². The van der Waals surface area contributed by atoms with Gasteiger partial charge in [0.2, 0.25) is 0 Å². The van der Waals surface area contributed by atoms with E-state index in [0.717, 1.165) is 22.8 Å². The molecule has 0 bridgehead atoms. The average Bonchev–Trinajstić information content (AvgIpc) is 3.01. The first kappa shape index (κ1) is 16.1. The van der Waals surface area contributed by atoms with Gasteiger partial charge in [-0.2, -0.15) is 4.57 Å². The van der Waals surface area contributed by atoms with Gasteiger partial charge in [0.1, 0.15) is 11.2 Å². The first-order chi connectivity index (χ1) is 11.6. The number of benzene rings is 2. The lowest BCUT2D eigenvalue weighted by Crippen LogP contribution is -2.45. The molecule has 1 aliphatic heterocycles. The van der Waals surface area contributed by atoms with E-state index in [1.165, 1.54) is 5.16 Å². The largest absolute Gasteiger partial charge is 0.314 e. The molecule has 0 saturated heterocycles. The van der Waals surface area contributed by atoms with E-state index in [2.05, 4.69) is 100 Å². The van der Waals surface area contributed by atoms with Crippen LogP contribution in [0.1, 0.15) is 13.8 Å². The second-order valence-electron chi connectivity index (χ2n) is 6.49. The molecule has 1 atom stereocenters. The highest BCUT2D eigenvalue weighted by Crippen LogP contribution is 2.39. The van der Waals surface area contributed by atoms with Gasteiger partial charge < -0.3 is 0 Å². The first-order valence-electron chi connectivity index (χ1n) is 8.02. The molecular formula is C19H19IN3S+. The lowest BCUT2D eigenvalue weighted by atomic mass is 10.0. The van der Waals surface area contributed by atoms with Crippen molar-refractivity contribution in [1.82, 2.24) is 9.78 Å². The zero-order valence-corrected chi connectivity index (χ0v) is 16.7. The third-order valence-corrected chi connectivity index (χ3v) is 8.17. The van der Waals surface area contributed by atoms with Crippen molar-refractivity contribution in [2.45, 2.75) is 28.5 Å². The molecule has 0 aliphatic carbocycles. The van der Waals surface area contributed by atoms with E-state index in [4.69, 9.17) is 5.10 Å². The van der Waals surface area contributed by atoms with Crippen molar-refractivity contribution in [3.63, 3.8) is 0 Å². The van der Waals surface area contributed by atoms with Gasteiger partial charge in [0.25, 0.3) is 0 Å². The SMILES string of the molecule is CC1(C)C(I)CSc2n1nc(-c1ccccc1)[n+]2-c1ccccc1. The lowest BCUT2D eigenvalue weighted by Gasteiger charge is -2.29. The second-order valence-corrected chi connectivity index (χ2v) is 8.98. The Bertz CT molecular complexity index is 859. The maximum atomic E-state index is 5.05. The van der Waals surface area contributed by atoms with Crippen molar-refractivity contribution in [2.75, 3.05) is 5.75 Å². The van der Waals surface area contributed by atoms with Crippen LogP contribution in [0.3, 0.4) is 0 Å². The predicted octanol–water partition coefficient (Wildman–Crippen LogP) is 4.47. The zero-order valence-electron chi connectivity index (χ0n) is 13.7. The number of alkyl halides is 1. The highest BCUT2D eigenvalue weighted by molar-refractivity contribution is 14.1. The van der Waals surface area contributed by atoms with E-state index in [0.29, 0.717) is 3.92 Å². The van der Waals surface area contributed by atoms with Gasteiger partial charge in [0.15, 0.2) is 0 Å². The van der Waals surface area contributed by atoms with Crippen LogP contribution in [0.5, 0.6) is 0 Å². The number of rotatable bonds is 2. The van der Waals surface area contributed by atoms with Crippen LogP contribution in [-0.2, 0) is 5.54 Å². The number of hydrogen-bond donors (Lipinski definition) is 0. The Balaban J connectivity index is 2.01. The first-order valence-corrected chi connectivity index (χ1v) is 10.3. The molecule has 3 aromatic rings. The van der Waals surface area contributed by atoms with Gasteiger partial charge in [0.05, 0.1) is 9.49 Å². The molecule has 1 aliphatic rings. The van der Waals surface area contributed by atoms with E-state index in [-0.39, 0.29) is 5.54 Å². The standard InChI is InChI=1S/C19H19IN3S/c1-19(2)16(20)13-24-18-22(15-11-7-4-8-12-15)17(21-23(18)19)14-9-5-3-6-10-14/h3-12,16H,13H2,1-2H3/q+1. The van der Waals surface area contributed by atoms with Gasteiger partial charge in [-0.15, -0.1) is 0 Å². The third-order valence-electron chi connectivity index (χ3n) is 4.50. The molecule has 0 N–H and O–H groups in total. The number of thioether (sulfide) groups is 1. The second kappa shape index (κ2) is 6.19. The van der Waals surface area contributed by atoms with Gasteiger partial charge in [-0.3, -0.25) is 0 Å². The van der Waals surface area contributed by atoms with E-state index < -0.39 is 0 Å². The molecule has 3 nitrogen and oxygen atoms in total. The van der Waals surface area contributed by atoms with E-state index >= 15 is 0 Å². The fraction of sp³-hybridized carbons (Fsp3) is 0.263. The van der Waals surface area contributed by atoms with E-state index in [1.54, 1.807) is 0 Å². The summed E-state index contributed by atoms with van der Waals surface area (Å²) in [7, 11) is 0. The lowest BCUT2D eigenvalue weighted by molar-refractivity contribution is -0.627. The molecule has 0 amide bonds. The molecular weight excluding hydrogens is 429 g/mol. The van der Waals surface area contributed by atoms with Crippen molar-refractivity contribution in [3.8, 4) is 17.1 Å². The molecule has 0 fully saturated rings. The number of fused-ring (bicyclic) bond motifs is 1. The third kappa shape index (κ3) is 2.58. The van der Waals surface area contributed by atoms with Gasteiger partial charge in [0, 0.05) is 10.9 Å². The predicted molar refractivity (Wildman–Crippen MR) is 107 cm³/mol. The Morgan fingerprint density at radius 1 is 1.08 bits per heavy atom. The molecule has 122 valence electrons. The minimum atomic E-state index is -0.00922. The van der Waals surface area contributed by atoms with Gasteiger partial charge >= 0.3 is 11.0 Å². The Labute approximate surface area is 160 Å².